The molecule has 0 spiro atoms. The molecule has 6 nitrogen and oxygen atoms in total. The van der Waals surface area contributed by atoms with Gasteiger partial charge in [-0.2, -0.15) is 0 Å². The van der Waals surface area contributed by atoms with E-state index in [-0.39, 0.29) is 27.7 Å². The van der Waals surface area contributed by atoms with Crippen molar-refractivity contribution >= 4 is 43.2 Å². The Balaban J connectivity index is 1.44. The molecule has 2 unspecified atom stereocenters. The molecule has 1 N–H and O–H groups in total. The third-order valence-corrected chi connectivity index (χ3v) is 10.0. The van der Waals surface area contributed by atoms with Crippen molar-refractivity contribution in [3.05, 3.63) is 35.4 Å². The number of benzene rings is 1. The van der Waals surface area contributed by atoms with Crippen LogP contribution >= 0.6 is 11.8 Å². The Morgan fingerprint density at radius 2 is 2.10 bits per heavy atom. The number of fused-ring (bicyclic) bond motifs is 1. The zero-order valence-electron chi connectivity index (χ0n) is 17.1. The molecule has 10 heteroatoms. The maximum atomic E-state index is 13.7. The summed E-state index contributed by atoms with van der Waals surface area (Å²) in [6.45, 7) is 2.12. The summed E-state index contributed by atoms with van der Waals surface area (Å²) in [6, 6.07) is 4.11. The number of rotatable bonds is 7. The number of halogens is 2. The van der Waals surface area contributed by atoms with Crippen LogP contribution in [0.3, 0.4) is 0 Å². The summed E-state index contributed by atoms with van der Waals surface area (Å²) in [5.41, 5.74) is 2.27. The molecule has 2 saturated carbocycles. The molecule has 0 saturated heterocycles. The van der Waals surface area contributed by atoms with Gasteiger partial charge in [-0.25, -0.2) is 0 Å². The minimum atomic E-state index is -0.810. The van der Waals surface area contributed by atoms with Gasteiger partial charge in [-0.05, 0) is 0 Å². The van der Waals surface area contributed by atoms with E-state index >= 15 is 0 Å². The molecule has 4 atom stereocenters. The molecule has 0 amide bonds. The standard InChI is InChI=1S/C21H23AsF2N5OS/c1-2-8-31-21-25-19(22-13-10-12(13)11-6-7-14(23)15(24)9-11)18-20(26-21)29(28-27-18)16-4-3-5-17(16)30/h6-7,9,12-13,16-17,30H,2-5,8,10H2,1H3/t12?,13?,16-,17-/m1/s1. The average Bonchev–Trinajstić information content (AvgIpc) is 3.18. The first-order valence-corrected chi connectivity index (χ1v) is 13.7. The van der Waals surface area contributed by atoms with E-state index in [2.05, 4.69) is 17.2 Å². The van der Waals surface area contributed by atoms with Crippen molar-refractivity contribution in [2.75, 3.05) is 5.75 Å². The maximum absolute atomic E-state index is 13.7. The van der Waals surface area contributed by atoms with Gasteiger partial charge in [0.25, 0.3) is 0 Å². The fraction of sp³-hybridized carbons (Fsp3) is 0.524. The Morgan fingerprint density at radius 3 is 2.84 bits per heavy atom. The summed E-state index contributed by atoms with van der Waals surface area (Å²) in [5, 5.41) is 19.9. The van der Waals surface area contributed by atoms with Gasteiger partial charge in [0.15, 0.2) is 0 Å². The topological polar surface area (TPSA) is 76.7 Å². The molecule has 163 valence electrons. The summed E-state index contributed by atoms with van der Waals surface area (Å²) in [6.07, 6.45) is 4.14. The van der Waals surface area contributed by atoms with E-state index in [1.165, 1.54) is 12.1 Å². The van der Waals surface area contributed by atoms with E-state index in [4.69, 9.17) is 9.97 Å². The van der Waals surface area contributed by atoms with Gasteiger partial charge in [0.1, 0.15) is 0 Å². The van der Waals surface area contributed by atoms with Gasteiger partial charge >= 0.3 is 190 Å². The minimum absolute atomic E-state index is 0.0936. The van der Waals surface area contributed by atoms with Gasteiger partial charge < -0.3 is 0 Å². The number of aromatic nitrogens is 5. The van der Waals surface area contributed by atoms with Crippen LogP contribution in [-0.4, -0.2) is 57.7 Å². The summed E-state index contributed by atoms with van der Waals surface area (Å²) < 4.78 is 30.1. The van der Waals surface area contributed by atoms with E-state index in [9.17, 15) is 13.9 Å². The molecular weight excluding hydrogens is 483 g/mol. The molecule has 2 aliphatic rings. The Bertz CT molecular complexity index is 1110. The van der Waals surface area contributed by atoms with E-state index < -0.39 is 17.7 Å². The number of hydrogen-bond acceptors (Lipinski definition) is 6. The van der Waals surface area contributed by atoms with Crippen LogP contribution < -0.4 is 4.48 Å². The molecule has 1 aromatic carbocycles. The Hall–Kier alpha value is -1.57. The van der Waals surface area contributed by atoms with E-state index in [1.54, 1.807) is 22.5 Å². The molecule has 5 rings (SSSR count). The van der Waals surface area contributed by atoms with Gasteiger partial charge in [-0.15, -0.1) is 0 Å². The normalized spacial score (nSPS) is 25.8. The second-order valence-corrected chi connectivity index (χ2v) is 12.0. The number of thioether (sulfide) groups is 1. The molecular formula is C21H23AsF2N5OS. The van der Waals surface area contributed by atoms with Crippen molar-refractivity contribution in [1.29, 1.82) is 0 Å². The Labute approximate surface area is 189 Å². The summed E-state index contributed by atoms with van der Waals surface area (Å²) in [7, 11) is 0. The van der Waals surface area contributed by atoms with Crippen molar-refractivity contribution in [2.24, 2.45) is 0 Å². The molecule has 0 aliphatic heterocycles. The monoisotopic (exact) mass is 506 g/mol. The van der Waals surface area contributed by atoms with Crippen molar-refractivity contribution < 1.29 is 13.9 Å². The fourth-order valence-corrected chi connectivity index (χ4v) is 7.97. The van der Waals surface area contributed by atoms with Crippen LogP contribution in [0.15, 0.2) is 23.4 Å². The van der Waals surface area contributed by atoms with Crippen LogP contribution in [0.4, 0.5) is 8.78 Å². The zero-order valence-corrected chi connectivity index (χ0v) is 19.8. The molecule has 2 fully saturated rings. The molecule has 2 heterocycles. The van der Waals surface area contributed by atoms with Gasteiger partial charge in [-0.1, -0.05) is 0 Å². The van der Waals surface area contributed by atoms with Crippen molar-refractivity contribution in [1.82, 2.24) is 25.0 Å². The quantitative estimate of drug-likeness (QED) is 0.301. The first kappa shape index (κ1) is 21.3. The van der Waals surface area contributed by atoms with E-state index in [0.29, 0.717) is 10.4 Å². The Morgan fingerprint density at radius 1 is 1.23 bits per heavy atom. The van der Waals surface area contributed by atoms with Crippen LogP contribution in [-0.2, 0) is 0 Å². The van der Waals surface area contributed by atoms with E-state index in [0.717, 1.165) is 58.6 Å². The first-order valence-electron chi connectivity index (χ1n) is 10.6. The van der Waals surface area contributed by atoms with E-state index in [1.807, 2.05) is 0 Å². The van der Waals surface area contributed by atoms with Crippen molar-refractivity contribution in [3.63, 3.8) is 0 Å². The fourth-order valence-electron chi connectivity index (χ4n) is 4.16. The SMILES string of the molecule is CCCSc1nc([As]C2CC2c2ccc(F)c(F)c2)c2nnn([C@@H]3CCC[C@H]3O)c2n1. The summed E-state index contributed by atoms with van der Waals surface area (Å²) in [5.74, 6) is -0.440. The van der Waals surface area contributed by atoms with Crippen LogP contribution in [0.5, 0.6) is 0 Å². The predicted octanol–water partition coefficient (Wildman–Crippen LogP) is 3.39. The second-order valence-electron chi connectivity index (χ2n) is 8.16. The first-order chi connectivity index (χ1) is 15.0. The van der Waals surface area contributed by atoms with Gasteiger partial charge in [0.2, 0.25) is 0 Å². The molecule has 31 heavy (non-hydrogen) atoms. The van der Waals surface area contributed by atoms with Crippen LogP contribution in [0, 0.1) is 11.6 Å². The number of hydrogen-bond donors (Lipinski definition) is 1. The van der Waals surface area contributed by atoms with Crippen LogP contribution in [0.1, 0.15) is 56.6 Å². The zero-order chi connectivity index (χ0) is 21.5. The molecule has 1 radical (unpaired) electrons. The average molecular weight is 506 g/mol. The molecule has 3 aromatic rings. The molecule has 2 aromatic heterocycles. The third-order valence-electron chi connectivity index (χ3n) is 5.89. The Kier molecular flexibility index (Phi) is 6.01. The second kappa shape index (κ2) is 8.75. The third kappa shape index (κ3) is 4.24. The van der Waals surface area contributed by atoms with Crippen LogP contribution in [0.25, 0.3) is 11.2 Å². The van der Waals surface area contributed by atoms with Gasteiger partial charge in [-0.3, -0.25) is 0 Å². The number of nitrogens with zero attached hydrogens (tertiary/aromatic N) is 5. The summed E-state index contributed by atoms with van der Waals surface area (Å²) >= 11 is 1.29. The molecule has 2 aliphatic carbocycles. The van der Waals surface area contributed by atoms with Crippen molar-refractivity contribution in [3.8, 4) is 0 Å². The van der Waals surface area contributed by atoms with Crippen LogP contribution in [0.2, 0.25) is 4.71 Å². The number of aliphatic hydroxyl groups is 1. The van der Waals surface area contributed by atoms with Crippen molar-refractivity contribution in [2.45, 2.75) is 67.0 Å². The predicted molar refractivity (Wildman–Crippen MR) is 116 cm³/mol. The number of aliphatic hydroxyl groups excluding tert-OH is 1. The van der Waals surface area contributed by atoms with Gasteiger partial charge in [0, 0.05) is 0 Å². The van der Waals surface area contributed by atoms with Gasteiger partial charge in [0.05, 0.1) is 0 Å². The molecule has 0 bridgehead atoms. The summed E-state index contributed by atoms with van der Waals surface area (Å²) in [4.78, 5) is 9.56.